The van der Waals surface area contributed by atoms with Crippen molar-refractivity contribution in [2.45, 2.75) is 0 Å². The molecular weight excluding hydrogens is 325 g/mol. The second kappa shape index (κ2) is 10.5. The van der Waals surface area contributed by atoms with Crippen molar-refractivity contribution in [3.05, 3.63) is 27.2 Å². The molecule has 0 fully saturated rings. The van der Waals surface area contributed by atoms with Crippen molar-refractivity contribution >= 4 is 40.5 Å². The monoisotopic (exact) mass is 341 g/mol. The summed E-state index contributed by atoms with van der Waals surface area (Å²) in [7, 11) is 1.64. The number of benzene rings is 1. The van der Waals surface area contributed by atoms with Gasteiger partial charge >= 0.3 is 0 Å². The van der Waals surface area contributed by atoms with Gasteiger partial charge in [0.25, 0.3) is 0 Å². The van der Waals surface area contributed by atoms with Crippen LogP contribution in [0.15, 0.2) is 12.1 Å². The number of methoxy groups -OCH3 is 1. The summed E-state index contributed by atoms with van der Waals surface area (Å²) in [6.07, 6.45) is 0. The molecular formula is C13H18Cl3NO3. The smallest absolute Gasteiger partial charge is 0.0720 e. The van der Waals surface area contributed by atoms with Gasteiger partial charge in [0.1, 0.15) is 0 Å². The Kier molecular flexibility index (Phi) is 9.35. The highest BCUT2D eigenvalue weighted by molar-refractivity contribution is 6.41. The zero-order valence-electron chi connectivity index (χ0n) is 11.3. The Labute approximate surface area is 134 Å². The SMILES string of the molecule is COCCOCCOCCNc1c(Cl)cc(Cl)cc1Cl. The Hall–Kier alpha value is -0.230. The lowest BCUT2D eigenvalue weighted by Gasteiger charge is -2.11. The molecule has 0 saturated heterocycles. The summed E-state index contributed by atoms with van der Waals surface area (Å²) in [5, 5.41) is 4.60. The van der Waals surface area contributed by atoms with E-state index in [0.29, 0.717) is 60.3 Å². The van der Waals surface area contributed by atoms with Gasteiger partial charge in [0.2, 0.25) is 0 Å². The second-order valence-electron chi connectivity index (χ2n) is 3.89. The molecule has 0 spiro atoms. The summed E-state index contributed by atoms with van der Waals surface area (Å²) < 4.78 is 15.5. The standard InChI is InChI=1S/C13H18Cl3NO3/c1-18-4-5-20-7-6-19-3-2-17-13-11(15)8-10(14)9-12(13)16/h8-9,17H,2-7H2,1H3. The highest BCUT2D eigenvalue weighted by Gasteiger charge is 2.06. The number of hydrogen-bond donors (Lipinski definition) is 1. The van der Waals surface area contributed by atoms with Crippen LogP contribution in [-0.4, -0.2) is 46.7 Å². The van der Waals surface area contributed by atoms with Gasteiger partial charge in [-0.2, -0.15) is 0 Å². The molecule has 0 aliphatic heterocycles. The summed E-state index contributed by atoms with van der Waals surface area (Å²) >= 11 is 17.9. The van der Waals surface area contributed by atoms with Crippen LogP contribution in [-0.2, 0) is 14.2 Å². The van der Waals surface area contributed by atoms with Gasteiger partial charge in [0, 0.05) is 18.7 Å². The van der Waals surface area contributed by atoms with Crippen LogP contribution in [0.5, 0.6) is 0 Å². The third-order valence-electron chi connectivity index (χ3n) is 2.36. The molecule has 0 aliphatic carbocycles. The van der Waals surface area contributed by atoms with E-state index in [0.717, 1.165) is 0 Å². The molecule has 0 unspecified atom stereocenters. The largest absolute Gasteiger partial charge is 0.382 e. The molecule has 4 nitrogen and oxygen atoms in total. The van der Waals surface area contributed by atoms with Crippen LogP contribution in [0.1, 0.15) is 0 Å². The van der Waals surface area contributed by atoms with Crippen LogP contribution in [0.2, 0.25) is 15.1 Å². The Morgan fingerprint density at radius 1 is 0.900 bits per heavy atom. The molecule has 1 aromatic carbocycles. The van der Waals surface area contributed by atoms with Gasteiger partial charge in [-0.3, -0.25) is 0 Å². The zero-order chi connectivity index (χ0) is 14.8. The maximum Gasteiger partial charge on any atom is 0.0720 e. The summed E-state index contributed by atoms with van der Waals surface area (Å²) in [5.74, 6) is 0. The van der Waals surface area contributed by atoms with Gasteiger partial charge in [0.05, 0.1) is 48.8 Å². The van der Waals surface area contributed by atoms with Crippen LogP contribution in [0, 0.1) is 0 Å². The van der Waals surface area contributed by atoms with E-state index in [4.69, 9.17) is 49.0 Å². The summed E-state index contributed by atoms with van der Waals surface area (Å²) in [4.78, 5) is 0. The fraction of sp³-hybridized carbons (Fsp3) is 0.538. The van der Waals surface area contributed by atoms with Crippen LogP contribution in [0.4, 0.5) is 5.69 Å². The van der Waals surface area contributed by atoms with Crippen LogP contribution in [0.25, 0.3) is 0 Å². The topological polar surface area (TPSA) is 39.7 Å². The zero-order valence-corrected chi connectivity index (χ0v) is 13.5. The summed E-state index contributed by atoms with van der Waals surface area (Å²) in [5.41, 5.74) is 0.665. The predicted octanol–water partition coefficient (Wildman–Crippen LogP) is 3.74. The molecule has 0 heterocycles. The van der Waals surface area contributed by atoms with Crippen molar-refractivity contribution in [1.82, 2.24) is 0 Å². The minimum Gasteiger partial charge on any atom is -0.382 e. The predicted molar refractivity (Wildman–Crippen MR) is 83.5 cm³/mol. The van der Waals surface area contributed by atoms with Gasteiger partial charge in [0.15, 0.2) is 0 Å². The number of hydrogen-bond acceptors (Lipinski definition) is 4. The molecule has 1 N–H and O–H groups in total. The van der Waals surface area contributed by atoms with E-state index in [1.54, 1.807) is 19.2 Å². The fourth-order valence-corrected chi connectivity index (χ4v) is 2.37. The van der Waals surface area contributed by atoms with Gasteiger partial charge < -0.3 is 19.5 Å². The van der Waals surface area contributed by atoms with Gasteiger partial charge in [-0.25, -0.2) is 0 Å². The fourth-order valence-electron chi connectivity index (χ4n) is 1.42. The number of ether oxygens (including phenoxy) is 3. The normalized spacial score (nSPS) is 10.8. The van der Waals surface area contributed by atoms with Crippen molar-refractivity contribution in [2.75, 3.05) is 52.0 Å². The highest BCUT2D eigenvalue weighted by atomic mass is 35.5. The molecule has 7 heteroatoms. The maximum atomic E-state index is 6.04. The van der Waals surface area contributed by atoms with Crippen LogP contribution < -0.4 is 5.32 Å². The van der Waals surface area contributed by atoms with Gasteiger partial charge in [-0.1, -0.05) is 34.8 Å². The van der Waals surface area contributed by atoms with Crippen molar-refractivity contribution in [2.24, 2.45) is 0 Å². The molecule has 0 amide bonds. The highest BCUT2D eigenvalue weighted by Crippen LogP contribution is 2.33. The third-order valence-corrected chi connectivity index (χ3v) is 3.17. The Morgan fingerprint density at radius 3 is 2.05 bits per heavy atom. The number of nitrogens with one attached hydrogen (secondary N) is 1. The average Bonchev–Trinajstić information content (AvgIpc) is 2.39. The van der Waals surface area contributed by atoms with E-state index in [-0.39, 0.29) is 0 Å². The van der Waals surface area contributed by atoms with E-state index in [1.807, 2.05) is 0 Å². The minimum atomic E-state index is 0.491. The lowest BCUT2D eigenvalue weighted by molar-refractivity contribution is 0.0272. The Bertz CT molecular complexity index is 381. The lowest BCUT2D eigenvalue weighted by Crippen LogP contribution is -2.14. The average molecular weight is 343 g/mol. The molecule has 114 valence electrons. The lowest BCUT2D eigenvalue weighted by atomic mass is 10.3. The number of anilines is 1. The summed E-state index contributed by atoms with van der Waals surface area (Å²) in [6, 6.07) is 3.28. The van der Waals surface area contributed by atoms with Gasteiger partial charge in [-0.15, -0.1) is 0 Å². The van der Waals surface area contributed by atoms with E-state index < -0.39 is 0 Å². The first-order valence-corrected chi connectivity index (χ1v) is 7.31. The molecule has 0 saturated carbocycles. The Morgan fingerprint density at radius 2 is 1.45 bits per heavy atom. The molecule has 1 rings (SSSR count). The summed E-state index contributed by atoms with van der Waals surface area (Å²) in [6.45, 7) is 3.38. The first-order chi connectivity index (χ1) is 9.65. The number of rotatable bonds is 10. The van der Waals surface area contributed by atoms with E-state index >= 15 is 0 Å². The first-order valence-electron chi connectivity index (χ1n) is 6.18. The number of halogens is 3. The van der Waals surface area contributed by atoms with Gasteiger partial charge in [-0.05, 0) is 12.1 Å². The van der Waals surface area contributed by atoms with Crippen molar-refractivity contribution in [1.29, 1.82) is 0 Å². The molecule has 0 aromatic heterocycles. The van der Waals surface area contributed by atoms with E-state index in [2.05, 4.69) is 5.32 Å². The molecule has 20 heavy (non-hydrogen) atoms. The molecule has 0 bridgehead atoms. The molecule has 0 aliphatic rings. The quantitative estimate of drug-likeness (QED) is 0.658. The molecule has 0 radical (unpaired) electrons. The maximum absolute atomic E-state index is 6.04. The third kappa shape index (κ3) is 6.97. The van der Waals surface area contributed by atoms with Crippen LogP contribution >= 0.6 is 34.8 Å². The van der Waals surface area contributed by atoms with Crippen LogP contribution in [0.3, 0.4) is 0 Å². The Balaban J connectivity index is 2.13. The second-order valence-corrected chi connectivity index (χ2v) is 5.14. The van der Waals surface area contributed by atoms with Crippen molar-refractivity contribution < 1.29 is 14.2 Å². The van der Waals surface area contributed by atoms with E-state index in [9.17, 15) is 0 Å². The molecule has 0 atom stereocenters. The molecule has 1 aromatic rings. The van der Waals surface area contributed by atoms with E-state index in [1.165, 1.54) is 0 Å². The minimum absolute atomic E-state index is 0.491. The van der Waals surface area contributed by atoms with Crippen molar-refractivity contribution in [3.63, 3.8) is 0 Å². The first kappa shape index (κ1) is 17.8. The van der Waals surface area contributed by atoms with Crippen molar-refractivity contribution in [3.8, 4) is 0 Å².